The SMILES string of the molecule is Cc1ccc(Br)c(NCc2c(C)nn(CCO)c2C)c1. The first-order valence-corrected chi connectivity index (χ1v) is 7.46. The van der Waals surface area contributed by atoms with Gasteiger partial charge in [0.2, 0.25) is 0 Å². The normalized spacial score (nSPS) is 10.8. The molecule has 0 fully saturated rings. The maximum Gasteiger partial charge on any atom is 0.0646 e. The van der Waals surface area contributed by atoms with Crippen LogP contribution in [0.15, 0.2) is 22.7 Å². The minimum atomic E-state index is 0.109. The molecule has 2 rings (SSSR count). The molecule has 0 saturated heterocycles. The van der Waals surface area contributed by atoms with Gasteiger partial charge in [0, 0.05) is 28.0 Å². The van der Waals surface area contributed by atoms with Crippen LogP contribution in [0.25, 0.3) is 0 Å². The summed E-state index contributed by atoms with van der Waals surface area (Å²) in [5.41, 5.74) is 5.60. The molecular weight excluding hydrogens is 318 g/mol. The van der Waals surface area contributed by atoms with Crippen molar-refractivity contribution in [3.63, 3.8) is 0 Å². The number of aryl methyl sites for hydroxylation is 2. The molecule has 108 valence electrons. The summed E-state index contributed by atoms with van der Waals surface area (Å²) < 4.78 is 2.92. The van der Waals surface area contributed by atoms with Gasteiger partial charge >= 0.3 is 0 Å². The van der Waals surface area contributed by atoms with Crippen molar-refractivity contribution in [1.29, 1.82) is 0 Å². The standard InChI is InChI=1S/C15H20BrN3O/c1-10-4-5-14(16)15(8-10)17-9-13-11(2)18-19(6-7-20)12(13)3/h4-5,8,17,20H,6-7,9H2,1-3H3. The lowest BCUT2D eigenvalue weighted by Gasteiger charge is -2.10. The smallest absolute Gasteiger partial charge is 0.0646 e. The first kappa shape index (κ1) is 15.1. The lowest BCUT2D eigenvalue weighted by atomic mass is 10.2. The Bertz CT molecular complexity index is 607. The summed E-state index contributed by atoms with van der Waals surface area (Å²) in [4.78, 5) is 0. The lowest BCUT2D eigenvalue weighted by Crippen LogP contribution is -2.07. The van der Waals surface area contributed by atoms with Crippen molar-refractivity contribution >= 4 is 21.6 Å². The van der Waals surface area contributed by atoms with Crippen molar-refractivity contribution in [3.8, 4) is 0 Å². The van der Waals surface area contributed by atoms with E-state index in [1.807, 2.05) is 24.6 Å². The zero-order valence-corrected chi connectivity index (χ0v) is 13.7. The van der Waals surface area contributed by atoms with Crippen molar-refractivity contribution in [2.75, 3.05) is 11.9 Å². The van der Waals surface area contributed by atoms with Crippen molar-refractivity contribution in [1.82, 2.24) is 9.78 Å². The fourth-order valence-electron chi connectivity index (χ4n) is 2.26. The van der Waals surface area contributed by atoms with Gasteiger partial charge in [-0.25, -0.2) is 0 Å². The number of hydrogen-bond acceptors (Lipinski definition) is 3. The van der Waals surface area contributed by atoms with Crippen molar-refractivity contribution in [3.05, 3.63) is 45.2 Å². The number of nitrogens with zero attached hydrogens (tertiary/aromatic N) is 2. The van der Waals surface area contributed by atoms with E-state index in [0.29, 0.717) is 6.54 Å². The van der Waals surface area contributed by atoms with Crippen LogP contribution in [0, 0.1) is 20.8 Å². The maximum atomic E-state index is 9.04. The topological polar surface area (TPSA) is 50.1 Å². The first-order chi connectivity index (χ1) is 9.52. The Morgan fingerprint density at radius 1 is 1.30 bits per heavy atom. The molecule has 5 heteroatoms. The highest BCUT2D eigenvalue weighted by Crippen LogP contribution is 2.24. The van der Waals surface area contributed by atoms with Crippen molar-refractivity contribution in [2.45, 2.75) is 33.9 Å². The van der Waals surface area contributed by atoms with Crippen molar-refractivity contribution < 1.29 is 5.11 Å². The van der Waals surface area contributed by atoms with E-state index in [9.17, 15) is 0 Å². The predicted molar refractivity (Wildman–Crippen MR) is 85.0 cm³/mol. The number of aliphatic hydroxyl groups excluding tert-OH is 1. The summed E-state index contributed by atoms with van der Waals surface area (Å²) in [6.45, 7) is 7.50. The molecule has 2 aromatic rings. The highest BCUT2D eigenvalue weighted by atomic mass is 79.9. The zero-order valence-electron chi connectivity index (χ0n) is 12.1. The molecule has 1 aromatic heterocycles. The molecule has 2 N–H and O–H groups in total. The molecule has 0 unspecified atom stereocenters. The van der Waals surface area contributed by atoms with E-state index < -0.39 is 0 Å². The summed E-state index contributed by atoms with van der Waals surface area (Å²) in [5.74, 6) is 0. The Hall–Kier alpha value is -1.33. The minimum absolute atomic E-state index is 0.109. The van der Waals surface area contributed by atoms with Gasteiger partial charge in [-0.1, -0.05) is 6.07 Å². The van der Waals surface area contributed by atoms with Crippen LogP contribution in [0.5, 0.6) is 0 Å². The minimum Gasteiger partial charge on any atom is -0.394 e. The molecular formula is C15H20BrN3O. The van der Waals surface area contributed by atoms with E-state index in [1.54, 1.807) is 0 Å². The average molecular weight is 338 g/mol. The quantitative estimate of drug-likeness (QED) is 0.880. The predicted octanol–water partition coefficient (Wildman–Crippen LogP) is 3.18. The van der Waals surface area contributed by atoms with Gasteiger partial charge in [-0.2, -0.15) is 5.10 Å². The van der Waals surface area contributed by atoms with E-state index in [1.165, 1.54) is 11.1 Å². The van der Waals surface area contributed by atoms with E-state index in [0.717, 1.165) is 28.1 Å². The van der Waals surface area contributed by atoms with E-state index in [4.69, 9.17) is 5.11 Å². The van der Waals surface area contributed by atoms with Crippen LogP contribution in [-0.4, -0.2) is 21.5 Å². The summed E-state index contributed by atoms with van der Waals surface area (Å²) >= 11 is 3.55. The number of rotatable bonds is 5. The van der Waals surface area contributed by atoms with Crippen LogP contribution in [-0.2, 0) is 13.1 Å². The number of benzene rings is 1. The first-order valence-electron chi connectivity index (χ1n) is 6.66. The number of anilines is 1. The van der Waals surface area contributed by atoms with Crippen LogP contribution < -0.4 is 5.32 Å². The number of nitrogens with one attached hydrogen (secondary N) is 1. The Morgan fingerprint density at radius 3 is 2.75 bits per heavy atom. The maximum absolute atomic E-state index is 9.04. The number of aromatic nitrogens is 2. The highest BCUT2D eigenvalue weighted by Gasteiger charge is 2.11. The van der Waals surface area contributed by atoms with Crippen LogP contribution >= 0.6 is 15.9 Å². The Kier molecular flexibility index (Phi) is 4.83. The molecule has 0 spiro atoms. The number of hydrogen-bond donors (Lipinski definition) is 2. The zero-order chi connectivity index (χ0) is 14.7. The summed E-state index contributed by atoms with van der Waals surface area (Å²) in [5, 5.41) is 16.9. The molecule has 0 saturated carbocycles. The van der Waals surface area contributed by atoms with Gasteiger partial charge in [-0.3, -0.25) is 4.68 Å². The molecule has 1 heterocycles. The van der Waals surface area contributed by atoms with Gasteiger partial charge in [0.05, 0.1) is 18.8 Å². The molecule has 0 amide bonds. The largest absolute Gasteiger partial charge is 0.394 e. The molecule has 20 heavy (non-hydrogen) atoms. The fourth-order valence-corrected chi connectivity index (χ4v) is 2.65. The second kappa shape index (κ2) is 6.41. The third-order valence-electron chi connectivity index (χ3n) is 3.42. The van der Waals surface area contributed by atoms with Crippen LogP contribution in [0.1, 0.15) is 22.5 Å². The molecule has 0 atom stereocenters. The Labute approximate surface area is 127 Å². The fraction of sp³-hybridized carbons (Fsp3) is 0.400. The second-order valence-corrected chi connectivity index (χ2v) is 5.79. The highest BCUT2D eigenvalue weighted by molar-refractivity contribution is 9.10. The molecule has 0 aliphatic rings. The summed E-state index contributed by atoms with van der Waals surface area (Å²) in [6.07, 6.45) is 0. The lowest BCUT2D eigenvalue weighted by molar-refractivity contribution is 0.268. The molecule has 0 aliphatic carbocycles. The van der Waals surface area contributed by atoms with Gasteiger partial charge in [0.15, 0.2) is 0 Å². The molecule has 0 bridgehead atoms. The van der Waals surface area contributed by atoms with Gasteiger partial charge < -0.3 is 10.4 Å². The molecule has 1 aromatic carbocycles. The van der Waals surface area contributed by atoms with Gasteiger partial charge in [-0.15, -0.1) is 0 Å². The second-order valence-electron chi connectivity index (χ2n) is 4.93. The summed E-state index contributed by atoms with van der Waals surface area (Å²) in [7, 11) is 0. The third-order valence-corrected chi connectivity index (χ3v) is 4.11. The van der Waals surface area contributed by atoms with E-state index >= 15 is 0 Å². The van der Waals surface area contributed by atoms with Gasteiger partial charge in [-0.05, 0) is 54.4 Å². The monoisotopic (exact) mass is 337 g/mol. The van der Waals surface area contributed by atoms with Gasteiger partial charge in [0.25, 0.3) is 0 Å². The van der Waals surface area contributed by atoms with E-state index in [2.05, 4.69) is 45.4 Å². The van der Waals surface area contributed by atoms with Crippen LogP contribution in [0.3, 0.4) is 0 Å². The number of halogens is 1. The average Bonchev–Trinajstić information content (AvgIpc) is 2.67. The molecule has 0 aliphatic heterocycles. The van der Waals surface area contributed by atoms with Crippen LogP contribution in [0.2, 0.25) is 0 Å². The Morgan fingerprint density at radius 2 is 2.05 bits per heavy atom. The summed E-state index contributed by atoms with van der Waals surface area (Å²) in [6, 6.07) is 6.24. The van der Waals surface area contributed by atoms with Crippen LogP contribution in [0.4, 0.5) is 5.69 Å². The third kappa shape index (κ3) is 3.22. The van der Waals surface area contributed by atoms with Gasteiger partial charge in [0.1, 0.15) is 0 Å². The van der Waals surface area contributed by atoms with Crippen molar-refractivity contribution in [2.24, 2.45) is 0 Å². The van der Waals surface area contributed by atoms with E-state index in [-0.39, 0.29) is 6.61 Å². The molecule has 0 radical (unpaired) electrons. The molecule has 4 nitrogen and oxygen atoms in total. The Balaban J connectivity index is 2.16. The number of aliphatic hydroxyl groups is 1.